The fourth-order valence-electron chi connectivity index (χ4n) is 2.67. The maximum absolute atomic E-state index is 12.6. The summed E-state index contributed by atoms with van der Waals surface area (Å²) in [6, 6.07) is 24.3. The molecule has 0 aliphatic heterocycles. The smallest absolute Gasteiger partial charge is 0.255 e. The number of carbonyl (C=O) groups is 2. The van der Waals surface area contributed by atoms with Crippen molar-refractivity contribution in [2.45, 2.75) is 6.92 Å². The third-order valence-electron chi connectivity index (χ3n) is 3.94. The van der Waals surface area contributed by atoms with Crippen LogP contribution in [0.25, 0.3) is 12.2 Å². The van der Waals surface area contributed by atoms with Crippen molar-refractivity contribution in [1.29, 1.82) is 0 Å². The fourth-order valence-corrected chi connectivity index (χ4v) is 2.67. The molecule has 2 amide bonds. The van der Waals surface area contributed by atoms with Gasteiger partial charge < -0.3 is 10.6 Å². The first-order valence-corrected chi connectivity index (χ1v) is 8.63. The normalized spacial score (nSPS) is 10.6. The van der Waals surface area contributed by atoms with E-state index in [2.05, 4.69) is 10.6 Å². The average molecular weight is 356 g/mol. The maximum Gasteiger partial charge on any atom is 0.255 e. The number of hydrogen-bond acceptors (Lipinski definition) is 2. The van der Waals surface area contributed by atoms with Gasteiger partial charge >= 0.3 is 0 Å². The second-order valence-electron chi connectivity index (χ2n) is 6.02. The lowest BCUT2D eigenvalue weighted by molar-refractivity contribution is -0.114. The van der Waals surface area contributed by atoms with Crippen molar-refractivity contribution in [3.8, 4) is 0 Å². The molecule has 0 atom stereocenters. The van der Waals surface area contributed by atoms with Crippen molar-refractivity contribution in [2.75, 3.05) is 10.6 Å². The van der Waals surface area contributed by atoms with Crippen molar-refractivity contribution in [3.63, 3.8) is 0 Å². The van der Waals surface area contributed by atoms with E-state index in [0.29, 0.717) is 16.9 Å². The predicted molar refractivity (Wildman–Crippen MR) is 111 cm³/mol. The SMILES string of the molecule is CC(=O)Nc1cccc(C=Cc2ccccc2)c1NC(=O)c1ccccc1. The largest absolute Gasteiger partial charge is 0.325 e. The van der Waals surface area contributed by atoms with E-state index >= 15 is 0 Å². The van der Waals surface area contributed by atoms with Gasteiger partial charge in [-0.15, -0.1) is 0 Å². The molecule has 3 aromatic carbocycles. The maximum atomic E-state index is 12.6. The van der Waals surface area contributed by atoms with Gasteiger partial charge in [0.25, 0.3) is 5.91 Å². The molecule has 0 aliphatic rings. The van der Waals surface area contributed by atoms with Crippen LogP contribution in [0.5, 0.6) is 0 Å². The molecule has 0 aliphatic carbocycles. The first-order valence-electron chi connectivity index (χ1n) is 8.63. The van der Waals surface area contributed by atoms with Crippen LogP contribution in [-0.2, 0) is 4.79 Å². The van der Waals surface area contributed by atoms with Crippen LogP contribution in [0.3, 0.4) is 0 Å². The Bertz CT molecular complexity index is 964. The zero-order valence-electron chi connectivity index (χ0n) is 15.0. The third-order valence-corrected chi connectivity index (χ3v) is 3.94. The standard InChI is InChI=1S/C23H20N2O2/c1-17(26)24-21-14-8-13-19(16-15-18-9-4-2-5-10-18)22(21)25-23(27)20-11-6-3-7-12-20/h2-16H,1H3,(H,24,26)(H,25,27). The Balaban J connectivity index is 1.96. The van der Waals surface area contributed by atoms with E-state index in [9.17, 15) is 9.59 Å². The summed E-state index contributed by atoms with van der Waals surface area (Å²) in [7, 11) is 0. The van der Waals surface area contributed by atoms with Crippen molar-refractivity contribution in [2.24, 2.45) is 0 Å². The Morgan fingerprint density at radius 3 is 2.07 bits per heavy atom. The average Bonchev–Trinajstić information content (AvgIpc) is 2.69. The van der Waals surface area contributed by atoms with E-state index in [1.807, 2.05) is 72.8 Å². The van der Waals surface area contributed by atoms with Crippen LogP contribution < -0.4 is 10.6 Å². The van der Waals surface area contributed by atoms with Gasteiger partial charge in [-0.25, -0.2) is 0 Å². The number of anilines is 2. The Kier molecular flexibility index (Phi) is 5.80. The Morgan fingerprint density at radius 1 is 0.741 bits per heavy atom. The summed E-state index contributed by atoms with van der Waals surface area (Å²) in [6.07, 6.45) is 3.88. The Morgan fingerprint density at radius 2 is 1.41 bits per heavy atom. The minimum Gasteiger partial charge on any atom is -0.325 e. The summed E-state index contributed by atoms with van der Waals surface area (Å²) in [5.74, 6) is -0.433. The zero-order valence-corrected chi connectivity index (χ0v) is 15.0. The molecular weight excluding hydrogens is 336 g/mol. The molecule has 0 heterocycles. The minimum atomic E-state index is -0.234. The van der Waals surface area contributed by atoms with Crippen LogP contribution in [0, 0.1) is 0 Å². The molecule has 0 unspecified atom stereocenters. The molecular formula is C23H20N2O2. The zero-order chi connectivity index (χ0) is 19.1. The summed E-state index contributed by atoms with van der Waals surface area (Å²) >= 11 is 0. The topological polar surface area (TPSA) is 58.2 Å². The summed E-state index contributed by atoms with van der Waals surface area (Å²) in [6.45, 7) is 1.44. The molecule has 0 saturated heterocycles. The number of hydrogen-bond donors (Lipinski definition) is 2. The Labute approximate surface area is 158 Å². The lowest BCUT2D eigenvalue weighted by Crippen LogP contribution is -2.16. The van der Waals surface area contributed by atoms with Gasteiger partial charge in [-0.05, 0) is 23.8 Å². The summed E-state index contributed by atoms with van der Waals surface area (Å²) < 4.78 is 0. The highest BCUT2D eigenvalue weighted by Crippen LogP contribution is 2.28. The van der Waals surface area contributed by atoms with Gasteiger partial charge in [-0.2, -0.15) is 0 Å². The van der Waals surface area contributed by atoms with Gasteiger partial charge in [0.15, 0.2) is 0 Å². The van der Waals surface area contributed by atoms with Crippen molar-refractivity contribution in [3.05, 3.63) is 95.6 Å². The Hall–Kier alpha value is -3.66. The minimum absolute atomic E-state index is 0.200. The van der Waals surface area contributed by atoms with Gasteiger partial charge in [-0.1, -0.05) is 72.8 Å². The van der Waals surface area contributed by atoms with E-state index in [4.69, 9.17) is 0 Å². The third kappa shape index (κ3) is 4.92. The van der Waals surface area contributed by atoms with Crippen LogP contribution in [-0.4, -0.2) is 11.8 Å². The fraction of sp³-hybridized carbons (Fsp3) is 0.0435. The molecule has 0 bridgehead atoms. The van der Waals surface area contributed by atoms with E-state index in [-0.39, 0.29) is 11.8 Å². The van der Waals surface area contributed by atoms with E-state index in [0.717, 1.165) is 11.1 Å². The van der Waals surface area contributed by atoms with Crippen LogP contribution in [0.4, 0.5) is 11.4 Å². The lowest BCUT2D eigenvalue weighted by atomic mass is 10.1. The van der Waals surface area contributed by atoms with Crippen molar-refractivity contribution < 1.29 is 9.59 Å². The molecule has 3 aromatic rings. The molecule has 0 spiro atoms. The number of rotatable bonds is 5. The first-order chi connectivity index (χ1) is 13.1. The highest BCUT2D eigenvalue weighted by Gasteiger charge is 2.12. The molecule has 2 N–H and O–H groups in total. The predicted octanol–water partition coefficient (Wildman–Crippen LogP) is 5.07. The highest BCUT2D eigenvalue weighted by molar-refractivity contribution is 6.08. The number of carbonyl (C=O) groups excluding carboxylic acids is 2. The molecule has 3 rings (SSSR count). The number of benzene rings is 3. The monoisotopic (exact) mass is 356 g/mol. The van der Waals surface area contributed by atoms with Crippen LogP contribution in [0.2, 0.25) is 0 Å². The van der Waals surface area contributed by atoms with Crippen LogP contribution >= 0.6 is 0 Å². The van der Waals surface area contributed by atoms with Crippen LogP contribution in [0.15, 0.2) is 78.9 Å². The van der Waals surface area contributed by atoms with E-state index < -0.39 is 0 Å². The quantitative estimate of drug-likeness (QED) is 0.627. The van der Waals surface area contributed by atoms with Crippen molar-refractivity contribution >= 4 is 35.3 Å². The van der Waals surface area contributed by atoms with Gasteiger partial charge in [0, 0.05) is 18.1 Å². The molecule has 0 aromatic heterocycles. The van der Waals surface area contributed by atoms with Gasteiger partial charge in [0.1, 0.15) is 0 Å². The van der Waals surface area contributed by atoms with Gasteiger partial charge in [0.2, 0.25) is 5.91 Å². The number of amides is 2. The van der Waals surface area contributed by atoms with Gasteiger partial charge in [0.05, 0.1) is 11.4 Å². The van der Waals surface area contributed by atoms with E-state index in [1.165, 1.54) is 6.92 Å². The molecule has 0 radical (unpaired) electrons. The highest BCUT2D eigenvalue weighted by atomic mass is 16.2. The number of para-hydroxylation sites is 1. The molecule has 134 valence electrons. The van der Waals surface area contributed by atoms with Crippen LogP contribution in [0.1, 0.15) is 28.4 Å². The first kappa shape index (κ1) is 18.1. The molecule has 0 fully saturated rings. The molecule has 4 heteroatoms. The summed E-state index contributed by atoms with van der Waals surface area (Å²) in [4.78, 5) is 24.2. The second-order valence-corrected chi connectivity index (χ2v) is 6.02. The number of nitrogens with one attached hydrogen (secondary N) is 2. The van der Waals surface area contributed by atoms with Gasteiger partial charge in [-0.3, -0.25) is 9.59 Å². The molecule has 0 saturated carbocycles. The summed E-state index contributed by atoms with van der Waals surface area (Å²) in [5, 5.41) is 5.71. The lowest BCUT2D eigenvalue weighted by Gasteiger charge is -2.14. The molecule has 4 nitrogen and oxygen atoms in total. The summed E-state index contributed by atoms with van der Waals surface area (Å²) in [5.41, 5.74) is 3.51. The van der Waals surface area contributed by atoms with E-state index in [1.54, 1.807) is 18.2 Å². The van der Waals surface area contributed by atoms with Crippen molar-refractivity contribution in [1.82, 2.24) is 0 Å². The molecule has 27 heavy (non-hydrogen) atoms. The second kappa shape index (κ2) is 8.63.